The molecule has 1 unspecified atom stereocenters. The second-order valence-electron chi connectivity index (χ2n) is 6.67. The van der Waals surface area contributed by atoms with Crippen molar-refractivity contribution in [3.8, 4) is 11.4 Å². The fraction of sp³-hybridized carbons (Fsp3) is 0.263. The van der Waals surface area contributed by atoms with E-state index in [1.165, 1.54) is 12.1 Å². The fourth-order valence-corrected chi connectivity index (χ4v) is 3.56. The molecule has 2 aromatic carbocycles. The van der Waals surface area contributed by atoms with Crippen LogP contribution in [0.5, 0.6) is 0 Å². The highest BCUT2D eigenvalue weighted by atomic mass is 19.1. The summed E-state index contributed by atoms with van der Waals surface area (Å²) in [5.41, 5.74) is 1.74. The molecule has 6 nitrogen and oxygen atoms in total. The second-order valence-corrected chi connectivity index (χ2v) is 6.67. The molecular weight excluding hydrogens is 352 g/mol. The largest absolute Gasteiger partial charge is 0.338 e. The van der Waals surface area contributed by atoms with Gasteiger partial charge >= 0.3 is 0 Å². The lowest BCUT2D eigenvalue weighted by Crippen LogP contribution is -2.29. The Morgan fingerprint density at radius 3 is 2.70 bits per heavy atom. The maximum Gasteiger partial charge on any atom is 0.254 e. The molecule has 1 aliphatic rings. The number of halogens is 2. The van der Waals surface area contributed by atoms with E-state index in [9.17, 15) is 13.6 Å². The van der Waals surface area contributed by atoms with E-state index >= 15 is 0 Å². The third kappa shape index (κ3) is 3.69. The van der Waals surface area contributed by atoms with Gasteiger partial charge in [0, 0.05) is 24.7 Å². The highest BCUT2D eigenvalue weighted by Gasteiger charge is 2.29. The molecule has 0 aliphatic carbocycles. The number of benzene rings is 2. The van der Waals surface area contributed by atoms with Crippen molar-refractivity contribution in [1.82, 2.24) is 25.5 Å². The summed E-state index contributed by atoms with van der Waals surface area (Å²) in [6, 6.07) is 10.7. The van der Waals surface area contributed by atoms with Crippen molar-refractivity contribution in [3.63, 3.8) is 0 Å². The number of H-pyrrole nitrogens is 1. The lowest BCUT2D eigenvalue weighted by atomic mass is 9.98. The molecule has 1 saturated heterocycles. The van der Waals surface area contributed by atoms with Gasteiger partial charge in [0.2, 0.25) is 5.82 Å². The Bertz CT molecular complexity index is 940. The van der Waals surface area contributed by atoms with Crippen molar-refractivity contribution in [3.05, 3.63) is 65.2 Å². The molecule has 138 valence electrons. The minimum Gasteiger partial charge on any atom is -0.338 e. The van der Waals surface area contributed by atoms with E-state index in [2.05, 4.69) is 20.6 Å². The van der Waals surface area contributed by atoms with Crippen LogP contribution in [0, 0.1) is 17.6 Å². The Morgan fingerprint density at radius 2 is 1.96 bits per heavy atom. The SMILES string of the molecule is O=C(c1ccccc1-c1nn[nH]n1)N1CCC(Cc2cc(F)cc(F)c2)C1. The van der Waals surface area contributed by atoms with Crippen LogP contribution in [-0.2, 0) is 6.42 Å². The Balaban J connectivity index is 1.49. The minimum absolute atomic E-state index is 0.108. The first-order valence-electron chi connectivity index (χ1n) is 8.67. The Kier molecular flexibility index (Phi) is 4.62. The summed E-state index contributed by atoms with van der Waals surface area (Å²) >= 11 is 0. The molecule has 8 heteroatoms. The van der Waals surface area contributed by atoms with Crippen LogP contribution in [-0.4, -0.2) is 44.5 Å². The van der Waals surface area contributed by atoms with Gasteiger partial charge < -0.3 is 4.90 Å². The summed E-state index contributed by atoms with van der Waals surface area (Å²) in [5.74, 6) is -0.740. The molecule has 1 aromatic heterocycles. The van der Waals surface area contributed by atoms with Gasteiger partial charge in [0.05, 0.1) is 5.56 Å². The van der Waals surface area contributed by atoms with Crippen LogP contribution in [0.3, 0.4) is 0 Å². The van der Waals surface area contributed by atoms with Crippen molar-refractivity contribution in [2.45, 2.75) is 12.8 Å². The van der Waals surface area contributed by atoms with Gasteiger partial charge in [-0.05, 0) is 47.7 Å². The van der Waals surface area contributed by atoms with Gasteiger partial charge in [0.15, 0.2) is 0 Å². The standard InChI is InChI=1S/C19H17F2N5O/c20-14-8-13(9-15(21)10-14)7-12-5-6-26(11-12)19(27)17-4-2-1-3-16(17)18-22-24-25-23-18/h1-4,8-10,12H,5-7,11H2,(H,22,23,24,25). The molecule has 4 rings (SSSR count). The fourth-order valence-electron chi connectivity index (χ4n) is 3.56. The number of carbonyl (C=O) groups excluding carboxylic acids is 1. The Morgan fingerprint density at radius 1 is 1.19 bits per heavy atom. The van der Waals surface area contributed by atoms with Crippen LogP contribution in [0.4, 0.5) is 8.78 Å². The molecule has 1 amide bonds. The number of hydrogen-bond acceptors (Lipinski definition) is 4. The average molecular weight is 369 g/mol. The van der Waals surface area contributed by atoms with Crippen molar-refractivity contribution >= 4 is 5.91 Å². The predicted octanol–water partition coefficient (Wildman–Crippen LogP) is 2.85. The van der Waals surface area contributed by atoms with Crippen molar-refractivity contribution in [2.24, 2.45) is 5.92 Å². The first-order valence-corrected chi connectivity index (χ1v) is 8.67. The molecule has 0 bridgehead atoms. The summed E-state index contributed by atoms with van der Waals surface area (Å²) < 4.78 is 26.8. The maximum absolute atomic E-state index is 13.4. The Hall–Kier alpha value is -3.16. The van der Waals surface area contributed by atoms with Crippen molar-refractivity contribution in [2.75, 3.05) is 13.1 Å². The number of hydrogen-bond donors (Lipinski definition) is 1. The van der Waals surface area contributed by atoms with E-state index in [1.54, 1.807) is 23.1 Å². The third-order valence-electron chi connectivity index (χ3n) is 4.76. The van der Waals surface area contributed by atoms with E-state index in [0.29, 0.717) is 42.0 Å². The van der Waals surface area contributed by atoms with E-state index in [0.717, 1.165) is 12.5 Å². The lowest BCUT2D eigenvalue weighted by Gasteiger charge is -2.18. The number of rotatable bonds is 4. The van der Waals surface area contributed by atoms with Gasteiger partial charge in [0.25, 0.3) is 5.91 Å². The number of aromatic amines is 1. The number of nitrogens with one attached hydrogen (secondary N) is 1. The molecule has 27 heavy (non-hydrogen) atoms. The molecule has 1 fully saturated rings. The zero-order valence-corrected chi connectivity index (χ0v) is 14.4. The van der Waals surface area contributed by atoms with Crippen molar-refractivity contribution < 1.29 is 13.6 Å². The summed E-state index contributed by atoms with van der Waals surface area (Å²) in [6.07, 6.45) is 1.32. The van der Waals surface area contributed by atoms with Crippen LogP contribution in [0.15, 0.2) is 42.5 Å². The van der Waals surface area contributed by atoms with Gasteiger partial charge in [-0.1, -0.05) is 18.2 Å². The molecular formula is C19H17F2N5O. The third-order valence-corrected chi connectivity index (χ3v) is 4.76. The van der Waals surface area contributed by atoms with Gasteiger partial charge in [-0.2, -0.15) is 5.21 Å². The molecule has 1 atom stereocenters. The molecule has 0 saturated carbocycles. The van der Waals surface area contributed by atoms with Crippen LogP contribution in [0.1, 0.15) is 22.3 Å². The topological polar surface area (TPSA) is 74.8 Å². The normalized spacial score (nSPS) is 16.7. The first kappa shape index (κ1) is 17.3. The second kappa shape index (κ2) is 7.22. The molecule has 1 N–H and O–H groups in total. The highest BCUT2D eigenvalue weighted by molar-refractivity contribution is 6.00. The lowest BCUT2D eigenvalue weighted by molar-refractivity contribution is 0.0787. The number of aromatic nitrogens is 4. The first-order chi connectivity index (χ1) is 13.1. The van der Waals surface area contributed by atoms with Crippen LogP contribution < -0.4 is 0 Å². The number of carbonyl (C=O) groups is 1. The predicted molar refractivity (Wildman–Crippen MR) is 93.7 cm³/mol. The average Bonchev–Trinajstić information content (AvgIpc) is 3.32. The number of tetrazole rings is 1. The van der Waals surface area contributed by atoms with Gasteiger partial charge in [-0.3, -0.25) is 4.79 Å². The van der Waals surface area contributed by atoms with Gasteiger partial charge in [-0.15, -0.1) is 10.2 Å². The summed E-state index contributed by atoms with van der Waals surface area (Å²) in [4.78, 5) is 14.8. The van der Waals surface area contributed by atoms with Gasteiger partial charge in [-0.25, -0.2) is 8.78 Å². The molecule has 1 aliphatic heterocycles. The molecule has 3 aromatic rings. The maximum atomic E-state index is 13.4. The van der Waals surface area contributed by atoms with E-state index in [-0.39, 0.29) is 11.8 Å². The summed E-state index contributed by atoms with van der Waals surface area (Å²) in [5, 5.41) is 13.8. The zero-order chi connectivity index (χ0) is 18.8. The summed E-state index contributed by atoms with van der Waals surface area (Å²) in [6.45, 7) is 1.14. The molecule has 2 heterocycles. The summed E-state index contributed by atoms with van der Waals surface area (Å²) in [7, 11) is 0. The number of amides is 1. The quantitative estimate of drug-likeness (QED) is 0.767. The van der Waals surface area contributed by atoms with E-state index in [1.807, 2.05) is 6.07 Å². The monoisotopic (exact) mass is 369 g/mol. The van der Waals surface area contributed by atoms with E-state index < -0.39 is 11.6 Å². The zero-order valence-electron chi connectivity index (χ0n) is 14.4. The van der Waals surface area contributed by atoms with E-state index in [4.69, 9.17) is 0 Å². The highest BCUT2D eigenvalue weighted by Crippen LogP contribution is 2.26. The molecule has 0 radical (unpaired) electrons. The smallest absolute Gasteiger partial charge is 0.254 e. The van der Waals surface area contributed by atoms with Crippen LogP contribution in [0.25, 0.3) is 11.4 Å². The minimum atomic E-state index is -0.579. The van der Waals surface area contributed by atoms with Crippen LogP contribution in [0.2, 0.25) is 0 Å². The van der Waals surface area contributed by atoms with Gasteiger partial charge in [0.1, 0.15) is 11.6 Å². The van der Waals surface area contributed by atoms with Crippen molar-refractivity contribution in [1.29, 1.82) is 0 Å². The molecule has 0 spiro atoms. The van der Waals surface area contributed by atoms with Crippen LogP contribution >= 0.6 is 0 Å². The Labute approximate surface area is 154 Å². The number of likely N-dealkylation sites (tertiary alicyclic amines) is 1. The number of nitrogens with zero attached hydrogens (tertiary/aromatic N) is 4.